The van der Waals surface area contributed by atoms with Crippen LogP contribution in [0.3, 0.4) is 0 Å². The fourth-order valence-electron chi connectivity index (χ4n) is 1.20. The second-order valence-electron chi connectivity index (χ2n) is 3.49. The molecule has 1 rings (SSSR count). The van der Waals surface area contributed by atoms with Crippen molar-refractivity contribution in [3.05, 3.63) is 22.1 Å². The third-order valence-electron chi connectivity index (χ3n) is 2.14. The van der Waals surface area contributed by atoms with E-state index in [0.29, 0.717) is 5.16 Å². The molecule has 0 saturated carbocycles. The van der Waals surface area contributed by atoms with Crippen LogP contribution in [-0.4, -0.2) is 43.4 Å². The van der Waals surface area contributed by atoms with Gasteiger partial charge in [0.05, 0.1) is 11.7 Å². The maximum atomic E-state index is 11.6. The van der Waals surface area contributed by atoms with Crippen molar-refractivity contribution in [1.82, 2.24) is 9.97 Å². The van der Waals surface area contributed by atoms with E-state index in [1.807, 2.05) is 0 Å². The maximum Gasteiger partial charge on any atom is 0.257 e. The number of carbonyl (C=O) groups excluding carboxylic acids is 1. The lowest BCUT2D eigenvalue weighted by atomic mass is 10.1. The van der Waals surface area contributed by atoms with Crippen molar-refractivity contribution < 1.29 is 15.0 Å². The lowest BCUT2D eigenvalue weighted by molar-refractivity contribution is -0.109. The first-order valence-corrected chi connectivity index (χ1v) is 7.29. The zero-order valence-electron chi connectivity index (χ0n) is 9.91. The molecule has 8 heteroatoms. The van der Waals surface area contributed by atoms with Gasteiger partial charge in [0.1, 0.15) is 6.10 Å². The molecule has 0 aromatic carbocycles. The second kappa shape index (κ2) is 6.93. The van der Waals surface area contributed by atoms with Gasteiger partial charge in [-0.2, -0.15) is 0 Å². The Bertz CT molecular complexity index is 477. The van der Waals surface area contributed by atoms with Gasteiger partial charge in [-0.05, 0) is 6.26 Å². The Morgan fingerprint density at radius 3 is 2.72 bits per heavy atom. The van der Waals surface area contributed by atoms with E-state index in [2.05, 4.69) is 9.97 Å². The van der Waals surface area contributed by atoms with Gasteiger partial charge in [-0.1, -0.05) is 23.5 Å². The molecule has 0 bridgehead atoms. The highest BCUT2D eigenvalue weighted by atomic mass is 32.2. The number of nitrogens with one attached hydrogen (secondary N) is 1. The van der Waals surface area contributed by atoms with E-state index < -0.39 is 17.8 Å². The summed E-state index contributed by atoms with van der Waals surface area (Å²) in [7, 11) is 0. The van der Waals surface area contributed by atoms with Crippen molar-refractivity contribution in [2.75, 3.05) is 12.0 Å². The number of aromatic amines is 1. The molecule has 0 aliphatic carbocycles. The summed E-state index contributed by atoms with van der Waals surface area (Å²) in [6, 6.07) is 0. The van der Waals surface area contributed by atoms with Crippen molar-refractivity contribution in [1.29, 1.82) is 0 Å². The number of hydrogen-bond donors (Lipinski definition) is 3. The van der Waals surface area contributed by atoms with Crippen LogP contribution in [0.4, 0.5) is 0 Å². The fourth-order valence-corrected chi connectivity index (χ4v) is 2.14. The molecule has 0 aliphatic heterocycles. The number of H-pyrrole nitrogens is 1. The summed E-state index contributed by atoms with van der Waals surface area (Å²) in [5, 5.41) is 19.7. The number of nitrogens with zero attached hydrogens (tertiary/aromatic N) is 1. The summed E-state index contributed by atoms with van der Waals surface area (Å²) >= 11 is 2.16. The van der Waals surface area contributed by atoms with Crippen LogP contribution in [0.15, 0.2) is 16.1 Å². The van der Waals surface area contributed by atoms with Gasteiger partial charge in [-0.15, -0.1) is 0 Å². The summed E-state index contributed by atoms with van der Waals surface area (Å²) in [6.07, 6.45) is 0.440. The topological polar surface area (TPSA) is 103 Å². The summed E-state index contributed by atoms with van der Waals surface area (Å²) < 4.78 is 0. The molecule has 18 heavy (non-hydrogen) atoms. The predicted octanol–water partition coefficient (Wildman–Crippen LogP) is 0.166. The van der Waals surface area contributed by atoms with Gasteiger partial charge in [0.25, 0.3) is 5.56 Å². The van der Waals surface area contributed by atoms with Gasteiger partial charge in [0.15, 0.2) is 10.3 Å². The first kappa shape index (κ1) is 15.2. The van der Waals surface area contributed by atoms with Gasteiger partial charge >= 0.3 is 0 Å². The van der Waals surface area contributed by atoms with E-state index in [1.165, 1.54) is 24.9 Å². The lowest BCUT2D eigenvalue weighted by Gasteiger charge is -2.16. The zero-order chi connectivity index (χ0) is 13.7. The molecule has 0 saturated heterocycles. The van der Waals surface area contributed by atoms with Crippen LogP contribution in [0.25, 0.3) is 0 Å². The van der Waals surface area contributed by atoms with Crippen molar-refractivity contribution in [3.8, 4) is 0 Å². The van der Waals surface area contributed by atoms with E-state index in [9.17, 15) is 19.8 Å². The monoisotopic (exact) mass is 290 g/mol. The van der Waals surface area contributed by atoms with Gasteiger partial charge in [0, 0.05) is 18.9 Å². The zero-order valence-corrected chi connectivity index (χ0v) is 11.5. The average Bonchev–Trinajstić information content (AvgIpc) is 2.34. The van der Waals surface area contributed by atoms with Crippen LogP contribution in [0.2, 0.25) is 0 Å². The number of aromatic nitrogens is 2. The van der Waals surface area contributed by atoms with E-state index in [0.717, 1.165) is 11.8 Å². The van der Waals surface area contributed by atoms with Gasteiger partial charge in [-0.3, -0.25) is 9.59 Å². The number of hydrogen-bond acceptors (Lipinski definition) is 7. The Morgan fingerprint density at radius 2 is 2.22 bits per heavy atom. The number of rotatable bonds is 5. The largest absolute Gasteiger partial charge is 0.389 e. The number of carbonyl (C=O) groups is 1. The van der Waals surface area contributed by atoms with Crippen LogP contribution >= 0.6 is 23.5 Å². The first-order valence-electron chi connectivity index (χ1n) is 5.08. The standard InChI is InChI=1S/C10H14N2O4S2/c1-5(13)18-4-7(14)8(15)6-3-11-10(17-2)12-9(6)16/h3,7-8,14-15H,4H2,1-2H3,(H,11,12,16). The van der Waals surface area contributed by atoms with E-state index in [-0.39, 0.29) is 16.4 Å². The Labute approximate surface area is 112 Å². The number of thioether (sulfide) groups is 2. The molecule has 2 atom stereocenters. The number of aliphatic hydroxyl groups is 2. The molecule has 0 fully saturated rings. The van der Waals surface area contributed by atoms with Crippen LogP contribution in [0, 0.1) is 0 Å². The molecule has 0 spiro atoms. The molecule has 0 amide bonds. The van der Waals surface area contributed by atoms with Crippen molar-refractivity contribution in [2.45, 2.75) is 24.3 Å². The smallest absolute Gasteiger partial charge is 0.257 e. The van der Waals surface area contributed by atoms with E-state index in [1.54, 1.807) is 6.26 Å². The molecule has 1 heterocycles. The second-order valence-corrected chi connectivity index (χ2v) is 5.48. The Hall–Kier alpha value is -0.830. The molecule has 1 aromatic heterocycles. The summed E-state index contributed by atoms with van der Waals surface area (Å²) in [5.74, 6) is 0.0280. The predicted molar refractivity (Wildman–Crippen MR) is 70.7 cm³/mol. The molecular weight excluding hydrogens is 276 g/mol. The highest BCUT2D eigenvalue weighted by Gasteiger charge is 2.22. The molecule has 0 radical (unpaired) electrons. The quantitative estimate of drug-likeness (QED) is 0.524. The molecule has 0 aliphatic rings. The molecule has 100 valence electrons. The Balaban J connectivity index is 2.80. The van der Waals surface area contributed by atoms with Crippen LogP contribution < -0.4 is 5.56 Å². The minimum atomic E-state index is -1.36. The van der Waals surface area contributed by atoms with E-state index >= 15 is 0 Å². The Morgan fingerprint density at radius 1 is 1.56 bits per heavy atom. The van der Waals surface area contributed by atoms with Gasteiger partial charge < -0.3 is 15.2 Å². The SMILES string of the molecule is CSc1ncc(C(O)C(O)CSC(C)=O)c(=O)[nH]1. The van der Waals surface area contributed by atoms with Crippen LogP contribution in [0.5, 0.6) is 0 Å². The normalized spacial score (nSPS) is 14.2. The van der Waals surface area contributed by atoms with Crippen molar-refractivity contribution in [3.63, 3.8) is 0 Å². The molecule has 3 N–H and O–H groups in total. The van der Waals surface area contributed by atoms with Crippen molar-refractivity contribution in [2.24, 2.45) is 0 Å². The minimum absolute atomic E-state index is 0.00977. The van der Waals surface area contributed by atoms with Crippen LogP contribution in [-0.2, 0) is 4.79 Å². The lowest BCUT2D eigenvalue weighted by Crippen LogP contribution is -2.27. The summed E-state index contributed by atoms with van der Waals surface area (Å²) in [6.45, 7) is 1.37. The fraction of sp³-hybridized carbons (Fsp3) is 0.500. The van der Waals surface area contributed by atoms with E-state index in [4.69, 9.17) is 0 Å². The maximum absolute atomic E-state index is 11.6. The highest BCUT2D eigenvalue weighted by Crippen LogP contribution is 2.17. The van der Waals surface area contributed by atoms with Crippen molar-refractivity contribution >= 4 is 28.6 Å². The molecular formula is C10H14N2O4S2. The molecule has 1 aromatic rings. The van der Waals surface area contributed by atoms with Gasteiger partial charge in [-0.25, -0.2) is 4.98 Å². The third-order valence-corrected chi connectivity index (χ3v) is 3.65. The first-order chi connectivity index (χ1) is 8.45. The Kier molecular flexibility index (Phi) is 5.86. The molecule has 2 unspecified atom stereocenters. The number of aliphatic hydroxyl groups excluding tert-OH is 2. The summed E-state index contributed by atoms with van der Waals surface area (Å²) in [5.41, 5.74) is -0.502. The third kappa shape index (κ3) is 4.13. The average molecular weight is 290 g/mol. The summed E-state index contributed by atoms with van der Waals surface area (Å²) in [4.78, 5) is 28.8. The van der Waals surface area contributed by atoms with Crippen LogP contribution in [0.1, 0.15) is 18.6 Å². The van der Waals surface area contributed by atoms with Gasteiger partial charge in [0.2, 0.25) is 0 Å². The highest BCUT2D eigenvalue weighted by molar-refractivity contribution is 8.13. The molecule has 6 nitrogen and oxygen atoms in total. The minimum Gasteiger partial charge on any atom is -0.389 e.